The lowest BCUT2D eigenvalue weighted by Gasteiger charge is -2.34. The third-order valence-corrected chi connectivity index (χ3v) is 4.40. The fourth-order valence-electron chi connectivity index (χ4n) is 2.56. The molecular formula is C13H20N2O4. The quantitative estimate of drug-likeness (QED) is 0.537. The van der Waals surface area contributed by atoms with Gasteiger partial charge in [-0.1, -0.05) is 13.8 Å². The van der Waals surface area contributed by atoms with E-state index in [2.05, 4.69) is 0 Å². The van der Waals surface area contributed by atoms with Crippen LogP contribution >= 0.6 is 0 Å². The van der Waals surface area contributed by atoms with Gasteiger partial charge in [0.05, 0.1) is 38.5 Å². The van der Waals surface area contributed by atoms with Gasteiger partial charge in [-0.05, 0) is 12.8 Å². The summed E-state index contributed by atoms with van der Waals surface area (Å²) in [5.41, 5.74) is -0.766. The zero-order valence-corrected chi connectivity index (χ0v) is 11.6. The number of rotatable bonds is 5. The number of nitrogens with zero attached hydrogens (tertiary/aromatic N) is 2. The maximum Gasteiger partial charge on any atom is 0.327 e. The third kappa shape index (κ3) is 2.03. The highest BCUT2D eigenvalue weighted by molar-refractivity contribution is 6.07. The Morgan fingerprint density at radius 3 is 2.21 bits per heavy atom. The molecular weight excluding hydrogens is 248 g/mol. The molecule has 3 amide bonds. The molecule has 106 valence electrons. The van der Waals surface area contributed by atoms with Crippen molar-refractivity contribution in [2.75, 3.05) is 26.3 Å². The molecule has 0 radical (unpaired) electrons. The zero-order valence-electron chi connectivity index (χ0n) is 11.6. The predicted octanol–water partition coefficient (Wildman–Crippen LogP) is 0.463. The standard InChI is InChI=1S/C13H20N2O4/c1-8(2)13(3)11(16)14(4-9-6-18-9)12(17)15(13)5-10-7-19-10/h8-10H,4-7H2,1-3H3. The number of amides is 3. The average molecular weight is 268 g/mol. The van der Waals surface area contributed by atoms with Crippen LogP contribution in [-0.2, 0) is 14.3 Å². The van der Waals surface area contributed by atoms with Gasteiger partial charge in [-0.2, -0.15) is 0 Å². The van der Waals surface area contributed by atoms with E-state index in [1.807, 2.05) is 20.8 Å². The van der Waals surface area contributed by atoms with E-state index < -0.39 is 5.54 Å². The molecule has 0 spiro atoms. The Morgan fingerprint density at radius 1 is 1.21 bits per heavy atom. The number of carbonyl (C=O) groups excluding carboxylic acids is 2. The van der Waals surface area contributed by atoms with Crippen LogP contribution in [0, 0.1) is 5.92 Å². The van der Waals surface area contributed by atoms with Crippen molar-refractivity contribution < 1.29 is 19.1 Å². The SMILES string of the molecule is CC(C)C1(C)C(=O)N(CC2CO2)C(=O)N1CC1CO1. The molecule has 3 saturated heterocycles. The van der Waals surface area contributed by atoms with Crippen molar-refractivity contribution >= 4 is 11.9 Å². The molecule has 3 aliphatic rings. The highest BCUT2D eigenvalue weighted by Crippen LogP contribution is 2.36. The second kappa shape index (κ2) is 4.18. The molecule has 3 unspecified atom stereocenters. The van der Waals surface area contributed by atoms with Gasteiger partial charge in [-0.25, -0.2) is 4.79 Å². The first-order chi connectivity index (χ1) is 8.94. The van der Waals surface area contributed by atoms with Crippen LogP contribution in [0.4, 0.5) is 4.79 Å². The van der Waals surface area contributed by atoms with Crippen molar-refractivity contribution in [1.29, 1.82) is 0 Å². The van der Waals surface area contributed by atoms with Crippen molar-refractivity contribution in [3.63, 3.8) is 0 Å². The summed E-state index contributed by atoms with van der Waals surface area (Å²) >= 11 is 0. The molecule has 6 nitrogen and oxygen atoms in total. The maximum absolute atomic E-state index is 12.6. The van der Waals surface area contributed by atoms with Crippen LogP contribution in [0.25, 0.3) is 0 Å². The molecule has 3 aliphatic heterocycles. The normalized spacial score (nSPS) is 37.5. The molecule has 3 fully saturated rings. The van der Waals surface area contributed by atoms with E-state index in [-0.39, 0.29) is 30.1 Å². The van der Waals surface area contributed by atoms with E-state index in [0.717, 1.165) is 0 Å². The van der Waals surface area contributed by atoms with E-state index in [1.165, 1.54) is 4.90 Å². The first-order valence-corrected chi connectivity index (χ1v) is 6.81. The van der Waals surface area contributed by atoms with Crippen molar-refractivity contribution in [2.45, 2.75) is 38.5 Å². The van der Waals surface area contributed by atoms with E-state index in [0.29, 0.717) is 26.3 Å². The van der Waals surface area contributed by atoms with Gasteiger partial charge >= 0.3 is 6.03 Å². The van der Waals surface area contributed by atoms with Crippen LogP contribution in [0.2, 0.25) is 0 Å². The minimum atomic E-state index is -0.766. The van der Waals surface area contributed by atoms with Crippen LogP contribution in [-0.4, -0.2) is 65.8 Å². The molecule has 19 heavy (non-hydrogen) atoms. The van der Waals surface area contributed by atoms with E-state index in [1.54, 1.807) is 4.90 Å². The van der Waals surface area contributed by atoms with Gasteiger partial charge in [0.2, 0.25) is 0 Å². The highest BCUT2D eigenvalue weighted by atomic mass is 16.6. The van der Waals surface area contributed by atoms with Gasteiger partial charge in [0.25, 0.3) is 5.91 Å². The topological polar surface area (TPSA) is 65.7 Å². The van der Waals surface area contributed by atoms with Gasteiger partial charge in [0.1, 0.15) is 5.54 Å². The van der Waals surface area contributed by atoms with Gasteiger partial charge in [0.15, 0.2) is 0 Å². The lowest BCUT2D eigenvalue weighted by atomic mass is 9.86. The summed E-state index contributed by atoms with van der Waals surface area (Å²) in [5.74, 6) is -0.0449. The molecule has 0 bridgehead atoms. The fourth-order valence-corrected chi connectivity index (χ4v) is 2.56. The second-order valence-corrected chi connectivity index (χ2v) is 6.02. The number of carbonyl (C=O) groups is 2. The van der Waals surface area contributed by atoms with Crippen LogP contribution in [0.1, 0.15) is 20.8 Å². The summed E-state index contributed by atoms with van der Waals surface area (Å²) in [6.07, 6.45) is 0.119. The minimum Gasteiger partial charge on any atom is -0.371 e. The maximum atomic E-state index is 12.6. The van der Waals surface area contributed by atoms with Gasteiger partial charge in [-0.3, -0.25) is 9.69 Å². The molecule has 0 aromatic carbocycles. The molecule has 3 heterocycles. The number of epoxide rings is 2. The molecule has 0 aromatic rings. The molecule has 3 rings (SSSR count). The Morgan fingerprint density at radius 2 is 1.74 bits per heavy atom. The summed E-state index contributed by atoms with van der Waals surface area (Å²) in [6.45, 7) is 8.00. The molecule has 0 saturated carbocycles. The Hall–Kier alpha value is -1.14. The molecule has 3 atom stereocenters. The van der Waals surface area contributed by atoms with Crippen LogP contribution in [0.5, 0.6) is 0 Å². The lowest BCUT2D eigenvalue weighted by Crippen LogP contribution is -2.52. The van der Waals surface area contributed by atoms with Crippen LogP contribution in [0.15, 0.2) is 0 Å². The fraction of sp³-hybridized carbons (Fsp3) is 0.846. The van der Waals surface area contributed by atoms with Gasteiger partial charge < -0.3 is 14.4 Å². The second-order valence-electron chi connectivity index (χ2n) is 6.02. The first-order valence-electron chi connectivity index (χ1n) is 6.81. The Kier molecular flexibility index (Phi) is 2.83. The van der Waals surface area contributed by atoms with Crippen LogP contribution in [0.3, 0.4) is 0 Å². The van der Waals surface area contributed by atoms with E-state index >= 15 is 0 Å². The van der Waals surface area contributed by atoms with Crippen molar-refractivity contribution in [3.05, 3.63) is 0 Å². The smallest absolute Gasteiger partial charge is 0.327 e. The van der Waals surface area contributed by atoms with Gasteiger partial charge in [-0.15, -0.1) is 0 Å². The Labute approximate surface area is 112 Å². The predicted molar refractivity (Wildman–Crippen MR) is 66.5 cm³/mol. The number of urea groups is 1. The summed E-state index contributed by atoms with van der Waals surface area (Å²) in [5, 5.41) is 0. The highest BCUT2D eigenvalue weighted by Gasteiger charge is 2.57. The van der Waals surface area contributed by atoms with Crippen molar-refractivity contribution in [1.82, 2.24) is 9.80 Å². The third-order valence-electron chi connectivity index (χ3n) is 4.40. The largest absolute Gasteiger partial charge is 0.371 e. The van der Waals surface area contributed by atoms with Crippen LogP contribution < -0.4 is 0 Å². The van der Waals surface area contributed by atoms with E-state index in [9.17, 15) is 9.59 Å². The van der Waals surface area contributed by atoms with Gasteiger partial charge in [0, 0.05) is 0 Å². The van der Waals surface area contributed by atoms with Crippen molar-refractivity contribution in [2.24, 2.45) is 5.92 Å². The lowest BCUT2D eigenvalue weighted by molar-refractivity contribution is -0.134. The molecule has 0 aliphatic carbocycles. The summed E-state index contributed by atoms with van der Waals surface area (Å²) < 4.78 is 10.3. The Bertz CT molecular complexity index is 417. The summed E-state index contributed by atoms with van der Waals surface area (Å²) in [7, 11) is 0. The average Bonchev–Trinajstić information content (AvgIpc) is 3.24. The number of imide groups is 1. The zero-order chi connectivity index (χ0) is 13.8. The minimum absolute atomic E-state index is 0.0291. The monoisotopic (exact) mass is 268 g/mol. The number of hydrogen-bond donors (Lipinski definition) is 0. The number of ether oxygens (including phenoxy) is 2. The molecule has 0 N–H and O–H groups in total. The molecule has 6 heteroatoms. The first kappa shape index (κ1) is 12.9. The van der Waals surface area contributed by atoms with Crippen molar-refractivity contribution in [3.8, 4) is 0 Å². The summed E-state index contributed by atoms with van der Waals surface area (Å²) in [6, 6.07) is -0.202. The van der Waals surface area contributed by atoms with E-state index in [4.69, 9.17) is 9.47 Å². The molecule has 0 aromatic heterocycles. The number of hydrogen-bond acceptors (Lipinski definition) is 4. The summed E-state index contributed by atoms with van der Waals surface area (Å²) in [4.78, 5) is 28.1. The Balaban J connectivity index is 1.85.